The molecular formula is C14H28N2O3. The van der Waals surface area contributed by atoms with Gasteiger partial charge in [-0.1, -0.05) is 20.8 Å². The maximum atomic E-state index is 10.0. The average molecular weight is 272 g/mol. The molecule has 112 valence electrons. The lowest BCUT2D eigenvalue weighted by molar-refractivity contribution is -0.131. The largest absolute Gasteiger partial charge is 0.465 e. The van der Waals surface area contributed by atoms with Crippen molar-refractivity contribution in [2.75, 3.05) is 19.7 Å². The second kappa shape index (κ2) is 6.68. The number of nitrogens with one attached hydrogen (secondary N) is 1. The third-order valence-electron chi connectivity index (χ3n) is 3.76. The minimum atomic E-state index is -0.654. The van der Waals surface area contributed by atoms with Crippen molar-refractivity contribution in [2.45, 2.75) is 52.2 Å². The summed E-state index contributed by atoms with van der Waals surface area (Å²) in [5, 5.41) is 12.8. The highest BCUT2D eigenvalue weighted by atomic mass is 16.5. The normalized spacial score (nSPS) is 31.7. The van der Waals surface area contributed by atoms with Crippen LogP contribution in [0.2, 0.25) is 0 Å². The first-order valence-corrected chi connectivity index (χ1v) is 6.96. The molecule has 1 rings (SSSR count). The van der Waals surface area contributed by atoms with E-state index in [1.807, 2.05) is 0 Å². The molecule has 3 unspecified atom stereocenters. The van der Waals surface area contributed by atoms with E-state index in [0.29, 0.717) is 13.0 Å². The van der Waals surface area contributed by atoms with Crippen molar-refractivity contribution in [3.8, 4) is 0 Å². The number of nitrogens with two attached hydrogens (primary N) is 1. The van der Waals surface area contributed by atoms with Gasteiger partial charge >= 0.3 is 0 Å². The fourth-order valence-corrected chi connectivity index (χ4v) is 3.60. The summed E-state index contributed by atoms with van der Waals surface area (Å²) < 4.78 is 4.52. The Hall–Kier alpha value is -0.650. The van der Waals surface area contributed by atoms with Crippen LogP contribution in [0.1, 0.15) is 40.0 Å². The summed E-state index contributed by atoms with van der Waals surface area (Å²) in [5.41, 5.74) is 6.58. The molecule has 4 N–H and O–H groups in total. The molecule has 0 aromatic rings. The summed E-state index contributed by atoms with van der Waals surface area (Å²) in [6.45, 7) is 8.41. The predicted molar refractivity (Wildman–Crippen MR) is 74.6 cm³/mol. The maximum absolute atomic E-state index is 10.0. The molecule has 0 bridgehead atoms. The highest BCUT2D eigenvalue weighted by Crippen LogP contribution is 2.45. The van der Waals surface area contributed by atoms with Crippen LogP contribution in [0, 0.1) is 10.8 Å². The van der Waals surface area contributed by atoms with Crippen LogP contribution in [0.3, 0.4) is 0 Å². The molecule has 0 amide bonds. The van der Waals surface area contributed by atoms with Gasteiger partial charge in [-0.25, -0.2) is 0 Å². The third-order valence-corrected chi connectivity index (χ3v) is 3.76. The molecule has 5 nitrogen and oxygen atoms in total. The third kappa shape index (κ3) is 5.89. The Bertz CT molecular complexity index is 296. The van der Waals surface area contributed by atoms with Crippen LogP contribution in [0.15, 0.2) is 0 Å². The molecule has 19 heavy (non-hydrogen) atoms. The minimum Gasteiger partial charge on any atom is -0.465 e. The number of carbonyl (C=O) groups is 1. The molecule has 0 spiro atoms. The number of rotatable bonds is 7. The van der Waals surface area contributed by atoms with Gasteiger partial charge < -0.3 is 20.9 Å². The van der Waals surface area contributed by atoms with Gasteiger partial charge in [-0.05, 0) is 30.1 Å². The predicted octanol–water partition coefficient (Wildman–Crippen LogP) is 0.654. The van der Waals surface area contributed by atoms with Crippen LogP contribution >= 0.6 is 0 Å². The summed E-state index contributed by atoms with van der Waals surface area (Å²) in [4.78, 5) is 10.0. The van der Waals surface area contributed by atoms with Crippen LogP contribution in [0.25, 0.3) is 0 Å². The molecule has 1 fully saturated rings. The summed E-state index contributed by atoms with van der Waals surface area (Å²) in [6.07, 6.45) is 2.55. The molecule has 0 heterocycles. The molecule has 3 atom stereocenters. The van der Waals surface area contributed by atoms with Crippen LogP contribution in [-0.2, 0) is 9.53 Å². The second-order valence-electron chi connectivity index (χ2n) is 7.03. The van der Waals surface area contributed by atoms with Gasteiger partial charge in [-0.3, -0.25) is 4.79 Å². The zero-order valence-electron chi connectivity index (χ0n) is 12.3. The number of ether oxygens (including phenoxy) is 1. The number of carbonyl (C=O) groups excluding carboxylic acids is 1. The molecule has 0 aliphatic heterocycles. The van der Waals surface area contributed by atoms with E-state index < -0.39 is 6.10 Å². The quantitative estimate of drug-likeness (QED) is 0.593. The first-order chi connectivity index (χ1) is 8.76. The van der Waals surface area contributed by atoms with Gasteiger partial charge in [-0.2, -0.15) is 0 Å². The second-order valence-corrected chi connectivity index (χ2v) is 7.03. The van der Waals surface area contributed by atoms with E-state index >= 15 is 0 Å². The van der Waals surface area contributed by atoms with Crippen molar-refractivity contribution >= 4 is 6.47 Å². The van der Waals surface area contributed by atoms with E-state index in [2.05, 4.69) is 30.8 Å². The zero-order chi connectivity index (χ0) is 14.5. The topological polar surface area (TPSA) is 84.6 Å². The van der Waals surface area contributed by atoms with Crippen molar-refractivity contribution in [1.29, 1.82) is 0 Å². The molecule has 1 aliphatic carbocycles. The first kappa shape index (κ1) is 16.4. The summed E-state index contributed by atoms with van der Waals surface area (Å²) >= 11 is 0. The Morgan fingerprint density at radius 1 is 1.47 bits per heavy atom. The lowest BCUT2D eigenvalue weighted by Crippen LogP contribution is -2.47. The Morgan fingerprint density at radius 3 is 2.74 bits per heavy atom. The van der Waals surface area contributed by atoms with Crippen LogP contribution < -0.4 is 11.1 Å². The molecule has 0 radical (unpaired) electrons. The highest BCUT2D eigenvalue weighted by Gasteiger charge is 2.39. The van der Waals surface area contributed by atoms with Gasteiger partial charge in [0, 0.05) is 19.1 Å². The number of hydrogen-bond acceptors (Lipinski definition) is 5. The fourth-order valence-electron chi connectivity index (χ4n) is 3.60. The van der Waals surface area contributed by atoms with Gasteiger partial charge in [0.05, 0.1) is 0 Å². The van der Waals surface area contributed by atoms with Crippen molar-refractivity contribution in [3.05, 3.63) is 0 Å². The number of aliphatic hydroxyl groups is 1. The number of hydrogen-bond donors (Lipinski definition) is 3. The Kier molecular flexibility index (Phi) is 5.77. The van der Waals surface area contributed by atoms with E-state index in [0.717, 1.165) is 25.8 Å². The Morgan fingerprint density at radius 2 is 2.16 bits per heavy atom. The van der Waals surface area contributed by atoms with Crippen molar-refractivity contribution in [3.63, 3.8) is 0 Å². The van der Waals surface area contributed by atoms with Crippen LogP contribution in [0.5, 0.6) is 0 Å². The molecule has 0 aromatic carbocycles. The number of aliphatic hydroxyl groups excluding tert-OH is 1. The average Bonchev–Trinajstić information content (AvgIpc) is 2.22. The minimum absolute atomic E-state index is 0.0399. The molecule has 1 saturated carbocycles. The molecule has 1 aliphatic rings. The SMILES string of the molecule is CC1(C)CC(N)CC(C)(CNCC(O)COC=O)C1. The molecule has 0 saturated heterocycles. The lowest BCUT2D eigenvalue weighted by Gasteiger charge is -2.46. The van der Waals surface area contributed by atoms with E-state index in [9.17, 15) is 9.90 Å². The smallest absolute Gasteiger partial charge is 0.293 e. The van der Waals surface area contributed by atoms with Crippen LogP contribution in [-0.4, -0.2) is 43.4 Å². The van der Waals surface area contributed by atoms with Crippen molar-refractivity contribution < 1.29 is 14.6 Å². The van der Waals surface area contributed by atoms with Gasteiger partial charge in [0.1, 0.15) is 12.7 Å². The lowest BCUT2D eigenvalue weighted by atomic mass is 9.63. The van der Waals surface area contributed by atoms with Crippen LogP contribution in [0.4, 0.5) is 0 Å². The standard InChI is InChI=1S/C14H28N2O3/c1-13(2)4-11(15)5-14(3,8-13)9-16-6-12(18)7-19-10-17/h10-12,16,18H,4-9,15H2,1-3H3. The van der Waals surface area contributed by atoms with Gasteiger partial charge in [0.25, 0.3) is 6.47 Å². The summed E-state index contributed by atoms with van der Waals surface area (Å²) in [7, 11) is 0. The highest BCUT2D eigenvalue weighted by molar-refractivity contribution is 5.36. The Balaban J connectivity index is 2.36. The maximum Gasteiger partial charge on any atom is 0.293 e. The van der Waals surface area contributed by atoms with Gasteiger partial charge in [0.15, 0.2) is 0 Å². The van der Waals surface area contributed by atoms with Gasteiger partial charge in [-0.15, -0.1) is 0 Å². The molecule has 0 aromatic heterocycles. The van der Waals surface area contributed by atoms with E-state index in [1.165, 1.54) is 0 Å². The zero-order valence-corrected chi connectivity index (χ0v) is 12.3. The van der Waals surface area contributed by atoms with Crippen molar-refractivity contribution in [2.24, 2.45) is 16.6 Å². The fraction of sp³-hybridized carbons (Fsp3) is 0.929. The summed E-state index contributed by atoms with van der Waals surface area (Å²) in [5.74, 6) is 0. The molecular weight excluding hydrogens is 244 g/mol. The van der Waals surface area contributed by atoms with Crippen molar-refractivity contribution in [1.82, 2.24) is 5.32 Å². The van der Waals surface area contributed by atoms with E-state index in [-0.39, 0.29) is 23.5 Å². The monoisotopic (exact) mass is 272 g/mol. The Labute approximate surface area is 115 Å². The first-order valence-electron chi connectivity index (χ1n) is 6.96. The van der Waals surface area contributed by atoms with E-state index in [1.54, 1.807) is 0 Å². The summed E-state index contributed by atoms with van der Waals surface area (Å²) in [6, 6.07) is 0.249. The van der Waals surface area contributed by atoms with E-state index in [4.69, 9.17) is 5.73 Å². The molecule has 5 heteroatoms. The van der Waals surface area contributed by atoms with Gasteiger partial charge in [0.2, 0.25) is 0 Å².